The molecule has 3 aromatic rings. The first-order chi connectivity index (χ1) is 13.0. The highest BCUT2D eigenvalue weighted by molar-refractivity contribution is 7.99. The first-order valence-corrected chi connectivity index (χ1v) is 8.50. The topological polar surface area (TPSA) is 115 Å². The van der Waals surface area contributed by atoms with Crippen LogP contribution in [0.4, 0.5) is 0 Å². The maximum atomic E-state index is 11.9. The van der Waals surface area contributed by atoms with Crippen molar-refractivity contribution in [3.63, 3.8) is 0 Å². The minimum atomic E-state index is -1.14. The number of rotatable bonds is 6. The lowest BCUT2D eigenvalue weighted by Crippen LogP contribution is -2.05. The minimum absolute atomic E-state index is 0.0126. The first kappa shape index (κ1) is 18.5. The summed E-state index contributed by atoms with van der Waals surface area (Å²) in [6.45, 7) is 0. The first-order valence-electron chi connectivity index (χ1n) is 7.68. The van der Waals surface area contributed by atoms with Gasteiger partial charge < -0.3 is 19.7 Å². The van der Waals surface area contributed by atoms with Crippen LogP contribution in [0.25, 0.3) is 11.1 Å². The maximum absolute atomic E-state index is 11.9. The van der Waals surface area contributed by atoms with E-state index in [4.69, 9.17) is 9.47 Å². The molecule has 138 valence electrons. The van der Waals surface area contributed by atoms with Gasteiger partial charge >= 0.3 is 5.97 Å². The largest absolute Gasteiger partial charge is 0.508 e. The van der Waals surface area contributed by atoms with Gasteiger partial charge in [-0.15, -0.1) is 0 Å². The number of carbonyl (C=O) groups is 1. The number of nitrogens with zero attached hydrogens (tertiary/aromatic N) is 3. The molecule has 0 spiro atoms. The van der Waals surface area contributed by atoms with E-state index in [0.717, 1.165) is 11.8 Å². The Morgan fingerprint density at radius 1 is 1.04 bits per heavy atom. The van der Waals surface area contributed by atoms with Crippen LogP contribution >= 0.6 is 11.8 Å². The highest BCUT2D eigenvalue weighted by Crippen LogP contribution is 2.34. The molecule has 0 radical (unpaired) electrons. The smallest absolute Gasteiger partial charge is 0.339 e. The van der Waals surface area contributed by atoms with E-state index >= 15 is 0 Å². The average molecular weight is 385 g/mol. The Hall–Kier alpha value is -3.33. The van der Waals surface area contributed by atoms with Crippen molar-refractivity contribution in [3.8, 4) is 28.6 Å². The number of hydrogen-bond acceptors (Lipinski definition) is 8. The molecule has 9 heteroatoms. The van der Waals surface area contributed by atoms with E-state index in [0.29, 0.717) is 11.1 Å². The fourth-order valence-corrected chi connectivity index (χ4v) is 3.19. The molecule has 0 aliphatic rings. The molecule has 0 aliphatic carbocycles. The molecule has 2 aromatic heterocycles. The molecule has 0 fully saturated rings. The van der Waals surface area contributed by atoms with Gasteiger partial charge in [-0.2, -0.15) is 9.97 Å². The second-order valence-corrected chi connectivity index (χ2v) is 6.18. The van der Waals surface area contributed by atoms with Crippen LogP contribution in [0, 0.1) is 0 Å². The van der Waals surface area contributed by atoms with Crippen LogP contribution in [-0.2, 0) is 0 Å². The summed E-state index contributed by atoms with van der Waals surface area (Å²) < 4.78 is 10.2. The molecule has 0 bridgehead atoms. The number of aromatic nitrogens is 3. The van der Waals surface area contributed by atoms with Gasteiger partial charge in [0.25, 0.3) is 0 Å². The number of benzene rings is 1. The van der Waals surface area contributed by atoms with Crippen molar-refractivity contribution >= 4 is 17.7 Å². The zero-order valence-corrected chi connectivity index (χ0v) is 15.2. The number of methoxy groups -OCH3 is 2. The SMILES string of the molecule is COc1cc(OC)nc(Sc2nccc(-c3ccc(O)cc3)c2C(=O)O)n1. The summed E-state index contributed by atoms with van der Waals surface area (Å²) in [5.74, 6) is -0.466. The maximum Gasteiger partial charge on any atom is 0.339 e. The molecule has 0 unspecified atom stereocenters. The number of ether oxygens (including phenoxy) is 2. The minimum Gasteiger partial charge on any atom is -0.508 e. The zero-order valence-electron chi connectivity index (χ0n) is 14.4. The van der Waals surface area contributed by atoms with Crippen molar-refractivity contribution in [3.05, 3.63) is 48.2 Å². The van der Waals surface area contributed by atoms with Gasteiger partial charge in [-0.05, 0) is 35.5 Å². The molecule has 0 aliphatic heterocycles. The Morgan fingerprint density at radius 2 is 1.67 bits per heavy atom. The number of carboxylic acids is 1. The Balaban J connectivity index is 2.07. The lowest BCUT2D eigenvalue weighted by atomic mass is 10.0. The highest BCUT2D eigenvalue weighted by atomic mass is 32.2. The van der Waals surface area contributed by atoms with Crippen molar-refractivity contribution in [2.75, 3.05) is 14.2 Å². The third-order valence-electron chi connectivity index (χ3n) is 3.57. The van der Waals surface area contributed by atoms with Crippen LogP contribution in [-0.4, -0.2) is 45.4 Å². The van der Waals surface area contributed by atoms with Crippen LogP contribution in [0.15, 0.2) is 52.8 Å². The van der Waals surface area contributed by atoms with Crippen molar-refractivity contribution in [1.82, 2.24) is 15.0 Å². The van der Waals surface area contributed by atoms with Crippen LogP contribution in [0.5, 0.6) is 17.5 Å². The number of phenolic OH excluding ortho intramolecular Hbond substituents is 1. The predicted octanol–water partition coefficient (Wildman–Crippen LogP) is 3.11. The summed E-state index contributed by atoms with van der Waals surface area (Å²) in [6, 6.07) is 9.37. The molecule has 27 heavy (non-hydrogen) atoms. The van der Waals surface area contributed by atoms with Crippen molar-refractivity contribution < 1.29 is 24.5 Å². The molecular weight excluding hydrogens is 370 g/mol. The van der Waals surface area contributed by atoms with E-state index in [-0.39, 0.29) is 33.3 Å². The third kappa shape index (κ3) is 4.09. The monoisotopic (exact) mass is 385 g/mol. The summed E-state index contributed by atoms with van der Waals surface area (Å²) in [6.07, 6.45) is 1.51. The number of hydrogen-bond donors (Lipinski definition) is 2. The summed E-state index contributed by atoms with van der Waals surface area (Å²) >= 11 is 0.990. The lowest BCUT2D eigenvalue weighted by Gasteiger charge is -2.11. The van der Waals surface area contributed by atoms with E-state index in [1.807, 2.05) is 0 Å². The van der Waals surface area contributed by atoms with Crippen molar-refractivity contribution in [1.29, 1.82) is 0 Å². The molecule has 3 rings (SSSR count). The Bertz CT molecular complexity index is 957. The van der Waals surface area contributed by atoms with E-state index in [2.05, 4.69) is 15.0 Å². The van der Waals surface area contributed by atoms with Crippen molar-refractivity contribution in [2.45, 2.75) is 10.2 Å². The standard InChI is InChI=1S/C18H15N3O5S/c1-25-13-9-14(26-2)21-18(20-13)27-16-15(17(23)24)12(7-8-19-16)10-3-5-11(22)6-4-10/h3-9,22H,1-2H3,(H,23,24). The van der Waals surface area contributed by atoms with Crippen molar-refractivity contribution in [2.24, 2.45) is 0 Å². The summed E-state index contributed by atoms with van der Waals surface area (Å²) in [5, 5.41) is 19.7. The molecule has 8 nitrogen and oxygen atoms in total. The van der Waals surface area contributed by atoms with Gasteiger partial charge in [0.2, 0.25) is 16.9 Å². The van der Waals surface area contributed by atoms with E-state index < -0.39 is 5.97 Å². The number of aromatic hydroxyl groups is 1. The average Bonchev–Trinajstić information content (AvgIpc) is 2.67. The normalized spacial score (nSPS) is 10.4. The number of aromatic carboxylic acids is 1. The zero-order chi connectivity index (χ0) is 19.4. The molecule has 0 saturated carbocycles. The molecule has 2 heterocycles. The van der Waals surface area contributed by atoms with Gasteiger partial charge in [0, 0.05) is 11.8 Å². The molecular formula is C18H15N3O5S. The highest BCUT2D eigenvalue weighted by Gasteiger charge is 2.20. The van der Waals surface area contributed by atoms with E-state index in [1.165, 1.54) is 38.6 Å². The summed E-state index contributed by atoms with van der Waals surface area (Å²) in [7, 11) is 2.92. The van der Waals surface area contributed by atoms with Crippen LogP contribution in [0.2, 0.25) is 0 Å². The van der Waals surface area contributed by atoms with E-state index in [1.54, 1.807) is 18.2 Å². The van der Waals surface area contributed by atoms with Gasteiger partial charge in [0.1, 0.15) is 10.8 Å². The fourth-order valence-electron chi connectivity index (χ4n) is 2.33. The van der Waals surface area contributed by atoms with Crippen LogP contribution in [0.1, 0.15) is 10.4 Å². The lowest BCUT2D eigenvalue weighted by molar-refractivity contribution is 0.0693. The molecule has 0 amide bonds. The number of phenols is 1. The Labute approximate surface area is 158 Å². The second-order valence-electron chi connectivity index (χ2n) is 5.23. The van der Waals surface area contributed by atoms with Crippen LogP contribution in [0.3, 0.4) is 0 Å². The summed E-state index contributed by atoms with van der Waals surface area (Å²) in [5.41, 5.74) is 1.12. The van der Waals surface area contributed by atoms with Gasteiger partial charge in [-0.25, -0.2) is 9.78 Å². The predicted molar refractivity (Wildman–Crippen MR) is 97.6 cm³/mol. The fraction of sp³-hybridized carbons (Fsp3) is 0.111. The second kappa shape index (κ2) is 7.92. The third-order valence-corrected chi connectivity index (χ3v) is 4.44. The number of pyridine rings is 1. The van der Waals surface area contributed by atoms with Gasteiger partial charge in [0.05, 0.1) is 25.8 Å². The van der Waals surface area contributed by atoms with Gasteiger partial charge in [-0.1, -0.05) is 12.1 Å². The molecule has 0 saturated heterocycles. The van der Waals surface area contributed by atoms with E-state index in [9.17, 15) is 15.0 Å². The van der Waals surface area contributed by atoms with Gasteiger partial charge in [-0.3, -0.25) is 0 Å². The Morgan fingerprint density at radius 3 is 2.22 bits per heavy atom. The molecule has 0 atom stereocenters. The molecule has 2 N–H and O–H groups in total. The Kier molecular flexibility index (Phi) is 5.41. The van der Waals surface area contributed by atoms with Crippen LogP contribution < -0.4 is 9.47 Å². The number of carboxylic acid groups (broad SMARTS) is 1. The quantitative estimate of drug-likeness (QED) is 0.618. The van der Waals surface area contributed by atoms with Gasteiger partial charge in [0.15, 0.2) is 0 Å². The molecule has 1 aromatic carbocycles. The summed E-state index contributed by atoms with van der Waals surface area (Å²) in [4.78, 5) is 24.5.